The van der Waals surface area contributed by atoms with Crippen molar-refractivity contribution in [3.8, 4) is 0 Å². The van der Waals surface area contributed by atoms with Crippen LogP contribution < -0.4 is 9.21 Å². The molecule has 0 spiro atoms. The molecule has 33 heavy (non-hydrogen) atoms. The second kappa shape index (κ2) is 8.41. The molecule has 0 saturated carbocycles. The Morgan fingerprint density at radius 3 is 2.18 bits per heavy atom. The van der Waals surface area contributed by atoms with E-state index >= 15 is 0 Å². The van der Waals surface area contributed by atoms with E-state index in [1.807, 2.05) is 6.07 Å². The number of anilines is 2. The van der Waals surface area contributed by atoms with Gasteiger partial charge in [0.2, 0.25) is 26.0 Å². The highest BCUT2D eigenvalue weighted by Crippen LogP contribution is 2.32. The number of hydrogen-bond donors (Lipinski definition) is 0. The summed E-state index contributed by atoms with van der Waals surface area (Å²) in [5, 5.41) is 0. The maximum Gasteiger partial charge on any atom is 0.244 e. The number of carbonyl (C=O) groups excluding carboxylic acids is 1. The van der Waals surface area contributed by atoms with Crippen LogP contribution in [0.15, 0.2) is 41.3 Å². The monoisotopic (exact) mass is 491 g/mol. The maximum absolute atomic E-state index is 13.4. The molecule has 0 aromatic heterocycles. The quantitative estimate of drug-likeness (QED) is 0.652. The van der Waals surface area contributed by atoms with Crippen molar-refractivity contribution in [2.75, 3.05) is 41.1 Å². The van der Waals surface area contributed by atoms with Gasteiger partial charge >= 0.3 is 0 Å². The predicted molar refractivity (Wildman–Crippen MR) is 129 cm³/mol. The number of rotatable bonds is 4. The second-order valence-corrected chi connectivity index (χ2v) is 12.6. The van der Waals surface area contributed by atoms with Crippen LogP contribution >= 0.6 is 0 Å². The van der Waals surface area contributed by atoms with Crippen LogP contribution in [0.1, 0.15) is 23.6 Å². The van der Waals surface area contributed by atoms with Gasteiger partial charge in [-0.15, -0.1) is 0 Å². The molecule has 2 aliphatic rings. The third-order valence-corrected chi connectivity index (χ3v) is 10.5. The van der Waals surface area contributed by atoms with E-state index in [-0.39, 0.29) is 16.3 Å². The first-order chi connectivity index (χ1) is 15.4. The molecule has 1 atom stereocenters. The van der Waals surface area contributed by atoms with Crippen molar-refractivity contribution in [1.82, 2.24) is 4.31 Å². The van der Waals surface area contributed by atoms with Gasteiger partial charge in [-0.2, -0.15) is 4.31 Å². The number of hydrogen-bond acceptors (Lipinski definition) is 6. The second-order valence-electron chi connectivity index (χ2n) is 8.84. The molecule has 8 nitrogen and oxygen atoms in total. The van der Waals surface area contributed by atoms with Crippen molar-refractivity contribution < 1.29 is 21.6 Å². The Kier molecular flexibility index (Phi) is 6.05. The fraction of sp³-hybridized carbons (Fsp3) is 0.435. The first-order valence-electron chi connectivity index (χ1n) is 10.9. The SMILES string of the molecule is Cc1cc(N2C(=O)C(C)CS2(=O)=O)ccc1S(=O)(=O)N1CCN(c2cccc(C)c2C)CC1. The Morgan fingerprint density at radius 1 is 0.939 bits per heavy atom. The van der Waals surface area contributed by atoms with Crippen LogP contribution in [0.4, 0.5) is 11.4 Å². The van der Waals surface area contributed by atoms with E-state index in [0.717, 1.165) is 9.99 Å². The van der Waals surface area contributed by atoms with Crippen molar-refractivity contribution in [2.45, 2.75) is 32.6 Å². The van der Waals surface area contributed by atoms with Gasteiger partial charge in [-0.05, 0) is 61.7 Å². The first kappa shape index (κ1) is 23.7. The summed E-state index contributed by atoms with van der Waals surface area (Å²) in [6, 6.07) is 10.4. The highest BCUT2D eigenvalue weighted by molar-refractivity contribution is 7.94. The molecular formula is C23H29N3O5S2. The number of carbonyl (C=O) groups is 1. The fourth-order valence-electron chi connectivity index (χ4n) is 4.52. The van der Waals surface area contributed by atoms with Gasteiger partial charge in [0.05, 0.1) is 22.3 Å². The number of amides is 1. The summed E-state index contributed by atoms with van der Waals surface area (Å²) >= 11 is 0. The lowest BCUT2D eigenvalue weighted by Crippen LogP contribution is -2.49. The number of benzene rings is 2. The molecule has 2 aromatic carbocycles. The number of sulfonamides is 2. The van der Waals surface area contributed by atoms with Gasteiger partial charge in [0.25, 0.3) is 0 Å². The molecule has 10 heteroatoms. The summed E-state index contributed by atoms with van der Waals surface area (Å²) < 4.78 is 53.8. The normalized spacial score (nSPS) is 21.6. The van der Waals surface area contributed by atoms with E-state index in [9.17, 15) is 21.6 Å². The minimum atomic E-state index is -3.76. The lowest BCUT2D eigenvalue weighted by atomic mass is 10.1. The number of nitrogens with zero attached hydrogens (tertiary/aromatic N) is 3. The molecule has 2 saturated heterocycles. The standard InChI is InChI=1S/C23H29N3O5S2/c1-16-6-5-7-21(19(16)4)24-10-12-25(13-11-24)33(30,31)22-9-8-20(14-17(22)2)26-23(27)18(3)15-32(26,28)29/h5-9,14,18H,10-13,15H2,1-4H3. The molecular weight excluding hydrogens is 462 g/mol. The summed E-state index contributed by atoms with van der Waals surface area (Å²) in [6.45, 7) is 9.21. The highest BCUT2D eigenvalue weighted by Gasteiger charge is 2.42. The average molecular weight is 492 g/mol. The minimum absolute atomic E-state index is 0.128. The smallest absolute Gasteiger partial charge is 0.244 e. The average Bonchev–Trinajstić information content (AvgIpc) is 2.96. The Bertz CT molecular complexity index is 1310. The topological polar surface area (TPSA) is 95.1 Å². The predicted octanol–water partition coefficient (Wildman–Crippen LogP) is 2.44. The van der Waals surface area contributed by atoms with Crippen molar-refractivity contribution >= 4 is 37.3 Å². The van der Waals surface area contributed by atoms with Crippen LogP contribution in [0.3, 0.4) is 0 Å². The Morgan fingerprint density at radius 2 is 1.61 bits per heavy atom. The third kappa shape index (κ3) is 4.15. The Balaban J connectivity index is 1.55. The molecule has 0 N–H and O–H groups in total. The van der Waals surface area contributed by atoms with Gasteiger partial charge in [-0.25, -0.2) is 21.1 Å². The zero-order valence-corrected chi connectivity index (χ0v) is 20.9. The Labute approximate surface area is 195 Å². The zero-order valence-electron chi connectivity index (χ0n) is 19.3. The molecule has 0 radical (unpaired) electrons. The lowest BCUT2D eigenvalue weighted by Gasteiger charge is -2.36. The molecule has 0 aliphatic carbocycles. The van der Waals surface area contributed by atoms with Gasteiger partial charge in [-0.3, -0.25) is 4.79 Å². The van der Waals surface area contributed by atoms with Gasteiger partial charge in [0.1, 0.15) is 0 Å². The summed E-state index contributed by atoms with van der Waals surface area (Å²) in [7, 11) is -7.50. The summed E-state index contributed by atoms with van der Waals surface area (Å²) in [5.74, 6) is -1.35. The summed E-state index contributed by atoms with van der Waals surface area (Å²) in [5.41, 5.74) is 4.11. The molecule has 2 aromatic rings. The van der Waals surface area contributed by atoms with E-state index in [0.29, 0.717) is 31.7 Å². The number of piperazine rings is 1. The first-order valence-corrected chi connectivity index (χ1v) is 14.0. The van der Waals surface area contributed by atoms with Crippen LogP contribution in [0.5, 0.6) is 0 Å². The van der Waals surface area contributed by atoms with E-state index in [1.54, 1.807) is 13.8 Å². The minimum Gasteiger partial charge on any atom is -0.369 e. The van der Waals surface area contributed by atoms with Crippen molar-refractivity contribution in [3.05, 3.63) is 53.1 Å². The van der Waals surface area contributed by atoms with Gasteiger partial charge in [0, 0.05) is 31.9 Å². The van der Waals surface area contributed by atoms with Crippen molar-refractivity contribution in [1.29, 1.82) is 0 Å². The van der Waals surface area contributed by atoms with E-state index in [1.165, 1.54) is 33.6 Å². The maximum atomic E-state index is 13.4. The molecule has 4 rings (SSSR count). The summed E-state index contributed by atoms with van der Waals surface area (Å²) in [6.07, 6.45) is 0. The third-order valence-electron chi connectivity index (χ3n) is 6.53. The lowest BCUT2D eigenvalue weighted by molar-refractivity contribution is -0.119. The van der Waals surface area contributed by atoms with Gasteiger partial charge < -0.3 is 4.90 Å². The van der Waals surface area contributed by atoms with Crippen LogP contribution in [0, 0.1) is 26.7 Å². The van der Waals surface area contributed by atoms with Crippen LogP contribution in [0.2, 0.25) is 0 Å². The molecule has 2 aliphatic heterocycles. The summed E-state index contributed by atoms with van der Waals surface area (Å²) in [4.78, 5) is 14.7. The molecule has 0 bridgehead atoms. The van der Waals surface area contributed by atoms with Crippen molar-refractivity contribution in [2.24, 2.45) is 5.92 Å². The fourth-order valence-corrected chi connectivity index (χ4v) is 7.96. The molecule has 178 valence electrons. The van der Waals surface area contributed by atoms with Gasteiger partial charge in [0.15, 0.2) is 0 Å². The van der Waals surface area contributed by atoms with Crippen LogP contribution in [0.25, 0.3) is 0 Å². The van der Waals surface area contributed by atoms with Crippen LogP contribution in [-0.2, 0) is 24.8 Å². The van der Waals surface area contributed by atoms with Gasteiger partial charge in [-0.1, -0.05) is 19.1 Å². The Hall–Kier alpha value is -2.43. The molecule has 1 amide bonds. The van der Waals surface area contributed by atoms with E-state index in [4.69, 9.17) is 0 Å². The molecule has 2 heterocycles. The number of aryl methyl sites for hydroxylation is 2. The highest BCUT2D eigenvalue weighted by atomic mass is 32.2. The zero-order chi connectivity index (χ0) is 24.1. The van der Waals surface area contributed by atoms with Crippen LogP contribution in [-0.4, -0.2) is 59.0 Å². The largest absolute Gasteiger partial charge is 0.369 e. The van der Waals surface area contributed by atoms with E-state index in [2.05, 4.69) is 30.9 Å². The molecule has 1 unspecified atom stereocenters. The van der Waals surface area contributed by atoms with Crippen molar-refractivity contribution in [3.63, 3.8) is 0 Å². The molecule has 2 fully saturated rings. The van der Waals surface area contributed by atoms with E-state index < -0.39 is 31.9 Å².